The molecule has 4 aromatic rings. The summed E-state index contributed by atoms with van der Waals surface area (Å²) in [6.07, 6.45) is 3.37. The van der Waals surface area contributed by atoms with Gasteiger partial charge < -0.3 is 9.80 Å². The molecule has 5 nitrogen and oxygen atoms in total. The van der Waals surface area contributed by atoms with Crippen molar-refractivity contribution in [1.82, 2.24) is 15.0 Å². The molecule has 8 heteroatoms. The van der Waals surface area contributed by atoms with E-state index in [0.717, 1.165) is 64.9 Å². The predicted octanol–water partition coefficient (Wildman–Crippen LogP) is 7.45. The number of para-hydroxylation sites is 1. The number of aromatic nitrogens is 3. The lowest BCUT2D eigenvalue weighted by Gasteiger charge is -2.30. The minimum absolute atomic E-state index is 0.122. The second-order valence-corrected chi connectivity index (χ2v) is 12.1. The molecule has 0 amide bonds. The minimum atomic E-state index is -4.40. The van der Waals surface area contributed by atoms with Crippen molar-refractivity contribution >= 4 is 22.7 Å². The van der Waals surface area contributed by atoms with Crippen LogP contribution in [0.1, 0.15) is 65.5 Å². The third-order valence-corrected chi connectivity index (χ3v) is 8.84. The second-order valence-electron chi connectivity index (χ2n) is 12.1. The molecule has 2 unspecified atom stereocenters. The molecule has 41 heavy (non-hydrogen) atoms. The third kappa shape index (κ3) is 5.36. The van der Waals surface area contributed by atoms with E-state index >= 15 is 0 Å². The highest BCUT2D eigenvalue weighted by molar-refractivity contribution is 5.84. The van der Waals surface area contributed by atoms with E-state index in [1.165, 1.54) is 25.0 Å². The van der Waals surface area contributed by atoms with Gasteiger partial charge in [-0.3, -0.25) is 0 Å². The molecule has 3 aliphatic rings. The fourth-order valence-corrected chi connectivity index (χ4v) is 6.28. The van der Waals surface area contributed by atoms with Crippen molar-refractivity contribution in [3.63, 3.8) is 0 Å². The predicted molar refractivity (Wildman–Crippen MR) is 155 cm³/mol. The van der Waals surface area contributed by atoms with Gasteiger partial charge in [0.2, 0.25) is 5.95 Å². The Kier molecular flexibility index (Phi) is 6.40. The Morgan fingerprint density at radius 3 is 2.54 bits per heavy atom. The summed E-state index contributed by atoms with van der Waals surface area (Å²) < 4.78 is 42.1. The minimum Gasteiger partial charge on any atom is -0.356 e. The topological polar surface area (TPSA) is 45.2 Å². The van der Waals surface area contributed by atoms with Crippen LogP contribution >= 0.6 is 0 Å². The smallest absolute Gasteiger partial charge is 0.356 e. The Bertz CT molecular complexity index is 1600. The summed E-state index contributed by atoms with van der Waals surface area (Å²) >= 11 is 0. The number of anilines is 2. The fourth-order valence-electron chi connectivity index (χ4n) is 6.28. The SMILES string of the molecule is CCc1cnc(N2Cc3cc(cc(C(F)(F)F)c3)C3CC3CN(CC3CC3)c3nc4c(C)cccc4cc3C2)nc1. The van der Waals surface area contributed by atoms with Gasteiger partial charge in [-0.2, -0.15) is 13.2 Å². The molecule has 0 spiro atoms. The first-order chi connectivity index (χ1) is 19.7. The van der Waals surface area contributed by atoms with Crippen molar-refractivity contribution in [1.29, 1.82) is 0 Å². The molecule has 2 saturated carbocycles. The zero-order chi connectivity index (χ0) is 28.3. The normalized spacial score (nSPS) is 20.7. The molecule has 0 radical (unpaired) electrons. The Morgan fingerprint density at radius 1 is 1.00 bits per heavy atom. The van der Waals surface area contributed by atoms with Gasteiger partial charge in [0.25, 0.3) is 0 Å². The van der Waals surface area contributed by atoms with Crippen molar-refractivity contribution < 1.29 is 13.2 Å². The van der Waals surface area contributed by atoms with Crippen LogP contribution in [0.2, 0.25) is 0 Å². The molecule has 7 rings (SSSR count). The van der Waals surface area contributed by atoms with E-state index in [9.17, 15) is 13.2 Å². The van der Waals surface area contributed by atoms with Gasteiger partial charge in [-0.05, 0) is 90.8 Å². The van der Waals surface area contributed by atoms with Crippen LogP contribution in [-0.4, -0.2) is 28.0 Å². The maximum Gasteiger partial charge on any atom is 0.416 e. The van der Waals surface area contributed by atoms with Crippen molar-refractivity contribution in [2.24, 2.45) is 11.8 Å². The van der Waals surface area contributed by atoms with Crippen LogP contribution in [0, 0.1) is 18.8 Å². The Labute approximate surface area is 238 Å². The Balaban J connectivity index is 1.40. The summed E-state index contributed by atoms with van der Waals surface area (Å²) in [5.74, 6) is 2.57. The number of pyridine rings is 1. The summed E-state index contributed by atoms with van der Waals surface area (Å²) in [6.45, 7) is 6.58. The quantitative estimate of drug-likeness (QED) is 0.261. The highest BCUT2D eigenvalue weighted by Gasteiger charge is 2.42. The highest BCUT2D eigenvalue weighted by Crippen LogP contribution is 2.50. The molecule has 0 saturated heterocycles. The van der Waals surface area contributed by atoms with Gasteiger partial charge in [0.05, 0.1) is 11.1 Å². The molecule has 2 fully saturated rings. The van der Waals surface area contributed by atoms with Gasteiger partial charge in [-0.15, -0.1) is 0 Å². The summed E-state index contributed by atoms with van der Waals surface area (Å²) in [5, 5.41) is 1.06. The van der Waals surface area contributed by atoms with E-state index in [4.69, 9.17) is 4.98 Å². The largest absolute Gasteiger partial charge is 0.416 e. The van der Waals surface area contributed by atoms with Crippen molar-refractivity contribution in [3.8, 4) is 0 Å². The van der Waals surface area contributed by atoms with Gasteiger partial charge in [0.1, 0.15) is 5.82 Å². The fraction of sp³-hybridized carbons (Fsp3) is 0.424. The molecule has 2 aromatic heterocycles. The van der Waals surface area contributed by atoms with Crippen molar-refractivity contribution in [2.75, 3.05) is 22.9 Å². The van der Waals surface area contributed by atoms with Gasteiger partial charge in [-0.1, -0.05) is 31.2 Å². The zero-order valence-electron chi connectivity index (χ0n) is 23.5. The lowest BCUT2D eigenvalue weighted by atomic mass is 9.99. The van der Waals surface area contributed by atoms with Crippen LogP contribution in [-0.2, 0) is 25.7 Å². The van der Waals surface area contributed by atoms with Crippen LogP contribution < -0.4 is 9.80 Å². The van der Waals surface area contributed by atoms with E-state index in [1.54, 1.807) is 0 Å². The number of rotatable bonds is 4. The van der Waals surface area contributed by atoms with Crippen LogP contribution in [0.4, 0.5) is 24.9 Å². The number of aryl methyl sites for hydroxylation is 2. The van der Waals surface area contributed by atoms with Crippen LogP contribution in [0.3, 0.4) is 0 Å². The van der Waals surface area contributed by atoms with E-state index in [1.807, 2.05) is 36.4 Å². The standard InChI is InChI=1S/C33H34F3N5/c1-3-21-14-37-32(38-15-21)41-17-23-9-25(12-28(10-23)33(34,35)36)29-13-26(29)18-40(16-22-7-8-22)31-27(19-41)11-24-6-4-5-20(2)30(24)39-31/h4-6,9-12,14-15,22,26,29H,3,7-8,13,16-19H2,1-2H3. The summed E-state index contributed by atoms with van der Waals surface area (Å²) in [4.78, 5) is 19.1. The Hall–Kier alpha value is -3.68. The number of nitrogens with zero attached hydrogens (tertiary/aromatic N) is 5. The maximum atomic E-state index is 14.0. The number of fused-ring (bicyclic) bond motifs is 6. The number of hydrogen-bond donors (Lipinski definition) is 0. The molecular formula is C33H34F3N5. The molecule has 2 aromatic carbocycles. The second kappa shape index (κ2) is 10.00. The highest BCUT2D eigenvalue weighted by atomic mass is 19.4. The maximum absolute atomic E-state index is 14.0. The summed E-state index contributed by atoms with van der Waals surface area (Å²) in [6, 6.07) is 13.1. The number of hydrogen-bond acceptors (Lipinski definition) is 5. The van der Waals surface area contributed by atoms with Crippen molar-refractivity contribution in [2.45, 2.75) is 64.7 Å². The number of alkyl halides is 3. The molecule has 2 aliphatic carbocycles. The van der Waals surface area contributed by atoms with E-state index in [0.29, 0.717) is 29.9 Å². The molecule has 212 valence electrons. The molecule has 2 atom stereocenters. The van der Waals surface area contributed by atoms with Gasteiger partial charge in [0, 0.05) is 49.5 Å². The molecule has 2 bridgehead atoms. The van der Waals surface area contributed by atoms with E-state index in [-0.39, 0.29) is 12.5 Å². The average Bonchev–Trinajstić information content (AvgIpc) is 3.89. The van der Waals surface area contributed by atoms with Gasteiger partial charge in [0.15, 0.2) is 0 Å². The number of halogens is 3. The van der Waals surface area contributed by atoms with Crippen molar-refractivity contribution in [3.05, 3.63) is 88.2 Å². The lowest BCUT2D eigenvalue weighted by molar-refractivity contribution is -0.137. The first kappa shape index (κ1) is 26.2. The summed E-state index contributed by atoms with van der Waals surface area (Å²) in [5.41, 5.74) is 5.05. The third-order valence-electron chi connectivity index (χ3n) is 8.84. The Morgan fingerprint density at radius 2 is 1.80 bits per heavy atom. The van der Waals surface area contributed by atoms with Gasteiger partial charge >= 0.3 is 6.18 Å². The molecule has 0 N–H and O–H groups in total. The first-order valence-corrected chi connectivity index (χ1v) is 14.7. The van der Waals surface area contributed by atoms with E-state index in [2.05, 4.69) is 40.0 Å². The summed E-state index contributed by atoms with van der Waals surface area (Å²) in [7, 11) is 0. The van der Waals surface area contributed by atoms with Crippen LogP contribution in [0.5, 0.6) is 0 Å². The monoisotopic (exact) mass is 557 g/mol. The molecule has 3 heterocycles. The number of benzene rings is 2. The molecular weight excluding hydrogens is 523 g/mol. The van der Waals surface area contributed by atoms with Crippen LogP contribution in [0.15, 0.2) is 54.9 Å². The zero-order valence-corrected chi connectivity index (χ0v) is 23.5. The first-order valence-electron chi connectivity index (χ1n) is 14.7. The lowest BCUT2D eigenvalue weighted by Crippen LogP contribution is -2.32. The van der Waals surface area contributed by atoms with E-state index < -0.39 is 11.7 Å². The average molecular weight is 558 g/mol. The molecule has 1 aliphatic heterocycles. The van der Waals surface area contributed by atoms with Crippen LogP contribution in [0.25, 0.3) is 10.9 Å². The van der Waals surface area contributed by atoms with Gasteiger partial charge in [-0.25, -0.2) is 15.0 Å².